The minimum atomic E-state index is 0.00402. The molecule has 1 aromatic rings. The number of anilines is 1. The topological polar surface area (TPSA) is 62.7 Å². The Morgan fingerprint density at radius 3 is 2.88 bits per heavy atom. The lowest BCUT2D eigenvalue weighted by Gasteiger charge is -2.22. The molecular formula is C12H18N2O3. The molecule has 5 nitrogen and oxygen atoms in total. The highest BCUT2D eigenvalue weighted by atomic mass is 16.5. The van der Waals surface area contributed by atoms with E-state index in [1.54, 1.807) is 25.4 Å². The van der Waals surface area contributed by atoms with Crippen LogP contribution in [0.5, 0.6) is 0 Å². The lowest BCUT2D eigenvalue weighted by atomic mass is 10.2. The van der Waals surface area contributed by atoms with E-state index in [2.05, 4.69) is 4.98 Å². The van der Waals surface area contributed by atoms with Gasteiger partial charge in [0.05, 0.1) is 13.2 Å². The van der Waals surface area contributed by atoms with Crippen molar-refractivity contribution in [1.29, 1.82) is 0 Å². The van der Waals surface area contributed by atoms with E-state index in [1.165, 1.54) is 6.92 Å². The molecular weight excluding hydrogens is 220 g/mol. The molecule has 1 aromatic heterocycles. The highest BCUT2D eigenvalue weighted by molar-refractivity contribution is 5.94. The van der Waals surface area contributed by atoms with E-state index in [4.69, 9.17) is 9.84 Å². The van der Waals surface area contributed by atoms with Crippen LogP contribution in [-0.2, 0) is 4.74 Å². The molecule has 94 valence electrons. The number of ether oxygens (including phenoxy) is 1. The van der Waals surface area contributed by atoms with Gasteiger partial charge in [0.2, 0.25) is 0 Å². The summed E-state index contributed by atoms with van der Waals surface area (Å²) in [5, 5.41) is 9.00. The van der Waals surface area contributed by atoms with Crippen LogP contribution in [0.3, 0.4) is 0 Å². The third-order valence-electron chi connectivity index (χ3n) is 2.41. The molecule has 0 aliphatic rings. The molecule has 0 radical (unpaired) electrons. The van der Waals surface area contributed by atoms with Gasteiger partial charge in [0.1, 0.15) is 5.82 Å². The molecule has 0 aliphatic heterocycles. The van der Waals surface area contributed by atoms with E-state index in [0.717, 1.165) is 0 Å². The normalized spacial score (nSPS) is 10.3. The van der Waals surface area contributed by atoms with Crippen molar-refractivity contribution in [3.63, 3.8) is 0 Å². The number of carbonyl (C=O) groups is 1. The first-order valence-electron chi connectivity index (χ1n) is 5.50. The molecule has 0 saturated heterocycles. The van der Waals surface area contributed by atoms with Crippen molar-refractivity contribution in [1.82, 2.24) is 4.98 Å². The fraction of sp³-hybridized carbons (Fsp3) is 0.500. The summed E-state index contributed by atoms with van der Waals surface area (Å²) in [6.45, 7) is 3.20. The van der Waals surface area contributed by atoms with Crippen molar-refractivity contribution < 1.29 is 14.6 Å². The Bertz CT molecular complexity index is 369. The van der Waals surface area contributed by atoms with E-state index < -0.39 is 0 Å². The second-order valence-electron chi connectivity index (χ2n) is 3.66. The third-order valence-corrected chi connectivity index (χ3v) is 2.41. The predicted molar refractivity (Wildman–Crippen MR) is 65.4 cm³/mol. The minimum absolute atomic E-state index is 0.00402. The van der Waals surface area contributed by atoms with Crippen LogP contribution in [0.15, 0.2) is 18.3 Å². The first-order valence-corrected chi connectivity index (χ1v) is 5.50. The van der Waals surface area contributed by atoms with Crippen LogP contribution in [-0.4, -0.2) is 49.3 Å². The maximum absolute atomic E-state index is 11.3. The van der Waals surface area contributed by atoms with Crippen LogP contribution in [0.25, 0.3) is 0 Å². The second kappa shape index (κ2) is 6.98. The molecule has 0 aliphatic carbocycles. The fourth-order valence-electron chi connectivity index (χ4n) is 1.47. The van der Waals surface area contributed by atoms with Gasteiger partial charge in [0.15, 0.2) is 5.78 Å². The van der Waals surface area contributed by atoms with E-state index in [1.807, 2.05) is 4.90 Å². The SMILES string of the molecule is COCCN(CCO)c1cc(C(C)=O)ccn1. The van der Waals surface area contributed by atoms with Gasteiger partial charge in [-0.25, -0.2) is 4.98 Å². The Balaban J connectivity index is 2.84. The molecule has 1 N–H and O–H groups in total. The van der Waals surface area contributed by atoms with E-state index >= 15 is 0 Å². The Hall–Kier alpha value is -1.46. The van der Waals surface area contributed by atoms with Gasteiger partial charge in [-0.3, -0.25) is 4.79 Å². The first kappa shape index (κ1) is 13.6. The number of rotatable bonds is 7. The Kier molecular flexibility index (Phi) is 5.59. The van der Waals surface area contributed by atoms with E-state index in [9.17, 15) is 4.79 Å². The number of hydrogen-bond acceptors (Lipinski definition) is 5. The lowest BCUT2D eigenvalue weighted by Crippen LogP contribution is -2.31. The van der Waals surface area contributed by atoms with Gasteiger partial charge >= 0.3 is 0 Å². The van der Waals surface area contributed by atoms with Crippen molar-refractivity contribution in [2.75, 3.05) is 38.3 Å². The zero-order valence-electron chi connectivity index (χ0n) is 10.2. The average Bonchev–Trinajstić information content (AvgIpc) is 2.34. The van der Waals surface area contributed by atoms with Gasteiger partial charge < -0.3 is 14.7 Å². The van der Waals surface area contributed by atoms with Crippen molar-refractivity contribution in [2.24, 2.45) is 0 Å². The Morgan fingerprint density at radius 2 is 2.29 bits per heavy atom. The fourth-order valence-corrected chi connectivity index (χ4v) is 1.47. The van der Waals surface area contributed by atoms with Crippen LogP contribution >= 0.6 is 0 Å². The van der Waals surface area contributed by atoms with Crippen molar-refractivity contribution in [2.45, 2.75) is 6.92 Å². The standard InChI is InChI=1S/C12H18N2O3/c1-10(16)11-3-4-13-12(9-11)14(5-7-15)6-8-17-2/h3-4,9,15H,5-8H2,1-2H3. The maximum Gasteiger partial charge on any atom is 0.159 e. The largest absolute Gasteiger partial charge is 0.395 e. The zero-order chi connectivity index (χ0) is 12.7. The van der Waals surface area contributed by atoms with Crippen molar-refractivity contribution >= 4 is 11.6 Å². The zero-order valence-corrected chi connectivity index (χ0v) is 10.2. The van der Waals surface area contributed by atoms with Gasteiger partial charge in [0, 0.05) is 32.0 Å². The third kappa shape index (κ3) is 4.13. The van der Waals surface area contributed by atoms with Gasteiger partial charge in [-0.05, 0) is 19.1 Å². The van der Waals surface area contributed by atoms with E-state index in [0.29, 0.717) is 31.1 Å². The molecule has 1 heterocycles. The van der Waals surface area contributed by atoms with Crippen LogP contribution in [0.2, 0.25) is 0 Å². The van der Waals surface area contributed by atoms with Gasteiger partial charge in [0.25, 0.3) is 0 Å². The lowest BCUT2D eigenvalue weighted by molar-refractivity contribution is 0.101. The molecule has 17 heavy (non-hydrogen) atoms. The number of nitrogens with zero attached hydrogens (tertiary/aromatic N) is 2. The quantitative estimate of drug-likeness (QED) is 0.709. The average molecular weight is 238 g/mol. The van der Waals surface area contributed by atoms with Gasteiger partial charge in [-0.1, -0.05) is 0 Å². The number of Topliss-reactive ketones (excluding diaryl/α,β-unsaturated/α-hetero) is 1. The summed E-state index contributed by atoms with van der Waals surface area (Å²) in [4.78, 5) is 17.4. The summed E-state index contributed by atoms with van der Waals surface area (Å²) in [5.74, 6) is 0.688. The molecule has 0 amide bonds. The van der Waals surface area contributed by atoms with Crippen LogP contribution < -0.4 is 4.90 Å². The number of hydrogen-bond donors (Lipinski definition) is 1. The molecule has 0 aromatic carbocycles. The predicted octanol–water partition coefficient (Wildman–Crippen LogP) is 0.729. The number of aliphatic hydroxyl groups excluding tert-OH is 1. The van der Waals surface area contributed by atoms with Crippen LogP contribution in [0.1, 0.15) is 17.3 Å². The number of pyridine rings is 1. The molecule has 0 spiro atoms. The van der Waals surface area contributed by atoms with Crippen molar-refractivity contribution in [3.05, 3.63) is 23.9 Å². The highest BCUT2D eigenvalue weighted by Gasteiger charge is 2.09. The molecule has 0 fully saturated rings. The minimum Gasteiger partial charge on any atom is -0.395 e. The number of ketones is 1. The number of methoxy groups -OCH3 is 1. The second-order valence-corrected chi connectivity index (χ2v) is 3.66. The summed E-state index contributed by atoms with van der Waals surface area (Å²) in [6.07, 6.45) is 1.60. The summed E-state index contributed by atoms with van der Waals surface area (Å²) in [7, 11) is 1.62. The smallest absolute Gasteiger partial charge is 0.159 e. The molecule has 0 unspecified atom stereocenters. The van der Waals surface area contributed by atoms with Crippen molar-refractivity contribution in [3.8, 4) is 0 Å². The van der Waals surface area contributed by atoms with Crippen LogP contribution in [0, 0.1) is 0 Å². The molecule has 0 bridgehead atoms. The summed E-state index contributed by atoms with van der Waals surface area (Å²) in [5.41, 5.74) is 0.621. The Labute approximate surface area is 101 Å². The molecule has 1 rings (SSSR count). The number of aliphatic hydroxyl groups is 1. The van der Waals surface area contributed by atoms with Gasteiger partial charge in [-0.15, -0.1) is 0 Å². The first-order chi connectivity index (χ1) is 8.19. The van der Waals surface area contributed by atoms with Gasteiger partial charge in [-0.2, -0.15) is 0 Å². The monoisotopic (exact) mass is 238 g/mol. The summed E-state index contributed by atoms with van der Waals surface area (Å²) >= 11 is 0. The van der Waals surface area contributed by atoms with E-state index in [-0.39, 0.29) is 12.4 Å². The summed E-state index contributed by atoms with van der Waals surface area (Å²) in [6, 6.07) is 3.41. The highest BCUT2D eigenvalue weighted by Crippen LogP contribution is 2.12. The molecule has 5 heteroatoms. The molecule has 0 saturated carbocycles. The Morgan fingerprint density at radius 1 is 1.53 bits per heavy atom. The molecule has 0 atom stereocenters. The maximum atomic E-state index is 11.3. The van der Waals surface area contributed by atoms with Crippen LogP contribution in [0.4, 0.5) is 5.82 Å². The number of aromatic nitrogens is 1. The summed E-state index contributed by atoms with van der Waals surface area (Å²) < 4.78 is 5.00. The number of carbonyl (C=O) groups excluding carboxylic acids is 1.